The third-order valence-corrected chi connectivity index (χ3v) is 3.07. The van der Waals surface area contributed by atoms with Crippen molar-refractivity contribution < 1.29 is 0 Å². The fraction of sp³-hybridized carbons (Fsp3) is 0.727. The summed E-state index contributed by atoms with van der Waals surface area (Å²) in [6, 6.07) is 0.540. The monoisotopic (exact) mass is 238 g/mol. The van der Waals surface area contributed by atoms with Gasteiger partial charge in [0.1, 0.15) is 10.7 Å². The lowest BCUT2D eigenvalue weighted by Gasteiger charge is -2.08. The van der Waals surface area contributed by atoms with Crippen LogP contribution in [0.15, 0.2) is 0 Å². The zero-order valence-electron chi connectivity index (χ0n) is 9.81. The molecule has 4 nitrogen and oxygen atoms in total. The molecule has 0 atom stereocenters. The summed E-state index contributed by atoms with van der Waals surface area (Å²) in [6.45, 7) is 4.43. The quantitative estimate of drug-likeness (QED) is 0.795. The van der Waals surface area contributed by atoms with Crippen molar-refractivity contribution in [1.82, 2.24) is 15.0 Å². The highest BCUT2D eigenvalue weighted by atomic mass is 32.1. The van der Waals surface area contributed by atoms with Crippen LogP contribution in [-0.4, -0.2) is 20.0 Å². The lowest BCUT2D eigenvalue weighted by molar-refractivity contribution is 0.535. The second kappa shape index (κ2) is 4.49. The summed E-state index contributed by atoms with van der Waals surface area (Å²) < 4.78 is 2.02. The van der Waals surface area contributed by atoms with Gasteiger partial charge in [0, 0.05) is 0 Å². The molecule has 1 saturated carbocycles. The SMILES string of the molecule is CC(C)CCc1c(C(N)=S)nnn1C1CC1. The molecule has 5 heteroatoms. The summed E-state index contributed by atoms with van der Waals surface area (Å²) in [6.07, 6.45) is 4.49. The molecule has 0 aliphatic heterocycles. The molecule has 0 saturated heterocycles. The van der Waals surface area contributed by atoms with Crippen molar-refractivity contribution in [3.63, 3.8) is 0 Å². The second-order valence-electron chi connectivity index (χ2n) is 4.86. The molecule has 0 radical (unpaired) electrons. The van der Waals surface area contributed by atoms with Gasteiger partial charge in [0.15, 0.2) is 0 Å². The summed E-state index contributed by atoms with van der Waals surface area (Å²) in [7, 11) is 0. The largest absolute Gasteiger partial charge is 0.388 e. The Hall–Kier alpha value is -0.970. The van der Waals surface area contributed by atoms with Crippen molar-refractivity contribution in [2.24, 2.45) is 11.7 Å². The predicted molar refractivity (Wildman–Crippen MR) is 67.3 cm³/mol. The van der Waals surface area contributed by atoms with E-state index >= 15 is 0 Å². The smallest absolute Gasteiger partial charge is 0.143 e. The highest BCUT2D eigenvalue weighted by Gasteiger charge is 2.29. The molecular formula is C11H18N4S. The standard InChI is InChI=1S/C11H18N4S/c1-7(2)3-6-9-10(11(12)16)13-14-15(9)8-4-5-8/h7-8H,3-6H2,1-2H3,(H2,12,16). The van der Waals surface area contributed by atoms with E-state index < -0.39 is 0 Å². The topological polar surface area (TPSA) is 56.7 Å². The molecule has 1 aliphatic carbocycles. The number of nitrogens with zero attached hydrogens (tertiary/aromatic N) is 3. The molecule has 88 valence electrons. The summed E-state index contributed by atoms with van der Waals surface area (Å²) >= 11 is 5.01. The number of hydrogen-bond donors (Lipinski definition) is 1. The van der Waals surface area contributed by atoms with Gasteiger partial charge >= 0.3 is 0 Å². The van der Waals surface area contributed by atoms with Gasteiger partial charge in [-0.15, -0.1) is 5.10 Å². The number of hydrogen-bond acceptors (Lipinski definition) is 3. The van der Waals surface area contributed by atoms with Gasteiger partial charge in [-0.3, -0.25) is 0 Å². The van der Waals surface area contributed by atoms with E-state index in [1.807, 2.05) is 4.68 Å². The van der Waals surface area contributed by atoms with Crippen LogP contribution in [-0.2, 0) is 6.42 Å². The van der Waals surface area contributed by atoms with E-state index in [1.165, 1.54) is 12.8 Å². The molecule has 0 unspecified atom stereocenters. The molecular weight excluding hydrogens is 220 g/mol. The molecule has 0 spiro atoms. The maximum Gasteiger partial charge on any atom is 0.143 e. The molecule has 0 amide bonds. The van der Waals surface area contributed by atoms with E-state index in [4.69, 9.17) is 18.0 Å². The Morgan fingerprint density at radius 3 is 2.75 bits per heavy atom. The summed E-state index contributed by atoms with van der Waals surface area (Å²) in [4.78, 5) is 0.366. The van der Waals surface area contributed by atoms with E-state index in [0.29, 0.717) is 16.9 Å². The molecule has 1 heterocycles. The van der Waals surface area contributed by atoms with Crippen molar-refractivity contribution in [3.05, 3.63) is 11.4 Å². The number of nitrogens with two attached hydrogens (primary N) is 1. The van der Waals surface area contributed by atoms with Crippen LogP contribution >= 0.6 is 12.2 Å². The first kappa shape index (κ1) is 11.5. The van der Waals surface area contributed by atoms with E-state index in [-0.39, 0.29) is 0 Å². The average Bonchev–Trinajstić information content (AvgIpc) is 2.95. The van der Waals surface area contributed by atoms with Gasteiger partial charge in [0.2, 0.25) is 0 Å². The Labute approximate surface area is 101 Å². The van der Waals surface area contributed by atoms with Crippen LogP contribution in [0.25, 0.3) is 0 Å². The van der Waals surface area contributed by atoms with Gasteiger partial charge in [-0.1, -0.05) is 31.3 Å². The van der Waals surface area contributed by atoms with E-state index in [1.54, 1.807) is 0 Å². The zero-order chi connectivity index (χ0) is 11.7. The van der Waals surface area contributed by atoms with Crippen LogP contribution in [0.5, 0.6) is 0 Å². The van der Waals surface area contributed by atoms with Crippen LogP contribution in [0.4, 0.5) is 0 Å². The van der Waals surface area contributed by atoms with Crippen LogP contribution in [0.1, 0.15) is 50.5 Å². The first-order valence-electron chi connectivity index (χ1n) is 5.83. The van der Waals surface area contributed by atoms with Crippen LogP contribution in [0, 0.1) is 5.92 Å². The zero-order valence-corrected chi connectivity index (χ0v) is 10.6. The van der Waals surface area contributed by atoms with Crippen molar-refractivity contribution in [3.8, 4) is 0 Å². The summed E-state index contributed by atoms with van der Waals surface area (Å²) in [5.41, 5.74) is 7.52. The Morgan fingerprint density at radius 2 is 2.25 bits per heavy atom. The van der Waals surface area contributed by atoms with Gasteiger partial charge in [-0.05, 0) is 31.6 Å². The number of thiocarbonyl (C=S) groups is 1. The minimum absolute atomic E-state index is 0.366. The fourth-order valence-corrected chi connectivity index (χ4v) is 1.93. The Kier molecular flexibility index (Phi) is 3.23. The molecule has 1 aromatic heterocycles. The van der Waals surface area contributed by atoms with E-state index in [0.717, 1.165) is 24.2 Å². The van der Waals surface area contributed by atoms with Gasteiger partial charge in [0.25, 0.3) is 0 Å². The molecule has 1 aliphatic rings. The highest BCUT2D eigenvalue weighted by Crippen LogP contribution is 2.35. The van der Waals surface area contributed by atoms with Crippen LogP contribution in [0.3, 0.4) is 0 Å². The lowest BCUT2D eigenvalue weighted by Crippen LogP contribution is -2.14. The predicted octanol–water partition coefficient (Wildman–Crippen LogP) is 1.84. The van der Waals surface area contributed by atoms with Crippen LogP contribution in [0.2, 0.25) is 0 Å². The lowest BCUT2D eigenvalue weighted by atomic mass is 10.1. The Bertz CT molecular complexity index is 393. The normalized spacial score (nSPS) is 15.7. The van der Waals surface area contributed by atoms with Gasteiger partial charge in [-0.2, -0.15) is 0 Å². The fourth-order valence-electron chi connectivity index (χ4n) is 1.78. The summed E-state index contributed by atoms with van der Waals surface area (Å²) in [5, 5.41) is 8.28. The van der Waals surface area contributed by atoms with Gasteiger partial charge in [-0.25, -0.2) is 4.68 Å². The molecule has 2 rings (SSSR count). The van der Waals surface area contributed by atoms with E-state index in [9.17, 15) is 0 Å². The molecule has 0 bridgehead atoms. The van der Waals surface area contributed by atoms with E-state index in [2.05, 4.69) is 24.2 Å². The molecule has 2 N–H and O–H groups in total. The minimum Gasteiger partial charge on any atom is -0.388 e. The molecule has 0 aromatic carbocycles. The van der Waals surface area contributed by atoms with Gasteiger partial charge in [0.05, 0.1) is 11.7 Å². The third-order valence-electron chi connectivity index (χ3n) is 2.88. The van der Waals surface area contributed by atoms with Gasteiger partial charge < -0.3 is 5.73 Å². The Morgan fingerprint density at radius 1 is 1.56 bits per heavy atom. The third kappa shape index (κ3) is 2.40. The minimum atomic E-state index is 0.366. The summed E-state index contributed by atoms with van der Waals surface area (Å²) in [5.74, 6) is 0.668. The van der Waals surface area contributed by atoms with Crippen molar-refractivity contribution in [1.29, 1.82) is 0 Å². The second-order valence-corrected chi connectivity index (χ2v) is 5.30. The van der Waals surface area contributed by atoms with Crippen LogP contribution < -0.4 is 5.73 Å². The molecule has 16 heavy (non-hydrogen) atoms. The maximum atomic E-state index is 5.67. The molecule has 1 aromatic rings. The average molecular weight is 238 g/mol. The highest BCUT2D eigenvalue weighted by molar-refractivity contribution is 7.80. The first-order valence-corrected chi connectivity index (χ1v) is 6.24. The van der Waals surface area contributed by atoms with Crippen molar-refractivity contribution >= 4 is 17.2 Å². The van der Waals surface area contributed by atoms with Crippen molar-refractivity contribution in [2.45, 2.75) is 45.6 Å². The first-order chi connectivity index (χ1) is 7.59. The van der Waals surface area contributed by atoms with Crippen molar-refractivity contribution in [2.75, 3.05) is 0 Å². The number of rotatable bonds is 5. The Balaban J connectivity index is 2.22. The maximum absolute atomic E-state index is 5.67. The number of aromatic nitrogens is 3. The molecule has 1 fully saturated rings.